The molecular formula is C27H27N3O. The number of hydrogen-bond donors (Lipinski definition) is 0. The molecule has 0 N–H and O–H groups in total. The van der Waals surface area contributed by atoms with E-state index in [0.717, 1.165) is 54.1 Å². The molecule has 3 heterocycles. The van der Waals surface area contributed by atoms with Crippen molar-refractivity contribution in [3.05, 3.63) is 84.2 Å². The van der Waals surface area contributed by atoms with Gasteiger partial charge < -0.3 is 9.30 Å². The number of amides is 1. The second-order valence-electron chi connectivity index (χ2n) is 8.32. The normalized spacial score (nSPS) is 13.8. The first-order chi connectivity index (χ1) is 15.2. The first-order valence-electron chi connectivity index (χ1n) is 11.1. The summed E-state index contributed by atoms with van der Waals surface area (Å²) >= 11 is 0. The van der Waals surface area contributed by atoms with E-state index < -0.39 is 0 Å². The molecule has 0 unspecified atom stereocenters. The summed E-state index contributed by atoms with van der Waals surface area (Å²) in [4.78, 5) is 19.7. The monoisotopic (exact) mass is 409 g/mol. The third-order valence-corrected chi connectivity index (χ3v) is 6.26. The van der Waals surface area contributed by atoms with Crippen LogP contribution >= 0.6 is 0 Å². The first-order valence-corrected chi connectivity index (χ1v) is 11.1. The van der Waals surface area contributed by atoms with E-state index in [1.165, 1.54) is 11.1 Å². The second kappa shape index (κ2) is 8.38. The Balaban J connectivity index is 1.57. The molecule has 2 aromatic heterocycles. The van der Waals surface area contributed by atoms with E-state index in [0.29, 0.717) is 12.8 Å². The molecule has 0 bridgehead atoms. The average molecular weight is 410 g/mol. The summed E-state index contributed by atoms with van der Waals surface area (Å²) in [5.74, 6) is 0.251. The molecule has 156 valence electrons. The summed E-state index contributed by atoms with van der Waals surface area (Å²) in [6, 6.07) is 22.9. The minimum absolute atomic E-state index is 0.251. The number of imidazole rings is 1. The fraction of sp³-hybridized carbons (Fsp3) is 0.259. The molecule has 0 aliphatic carbocycles. The van der Waals surface area contributed by atoms with Gasteiger partial charge in [0, 0.05) is 31.3 Å². The Hall–Kier alpha value is -3.40. The minimum atomic E-state index is 0.251. The number of fused-ring (bicyclic) bond motifs is 1. The molecule has 31 heavy (non-hydrogen) atoms. The Morgan fingerprint density at radius 1 is 0.903 bits per heavy atom. The van der Waals surface area contributed by atoms with Crippen LogP contribution in [-0.2, 0) is 11.2 Å². The van der Waals surface area contributed by atoms with Crippen LogP contribution in [0.3, 0.4) is 0 Å². The van der Waals surface area contributed by atoms with E-state index in [9.17, 15) is 4.79 Å². The lowest BCUT2D eigenvalue weighted by molar-refractivity contribution is -0.130. The zero-order chi connectivity index (χ0) is 21.2. The van der Waals surface area contributed by atoms with Gasteiger partial charge in [0.1, 0.15) is 5.65 Å². The van der Waals surface area contributed by atoms with E-state index in [1.54, 1.807) is 0 Å². The van der Waals surface area contributed by atoms with Gasteiger partial charge in [0.2, 0.25) is 5.91 Å². The molecule has 4 heteroatoms. The van der Waals surface area contributed by atoms with Crippen LogP contribution in [0.2, 0.25) is 0 Å². The predicted molar refractivity (Wildman–Crippen MR) is 125 cm³/mol. The van der Waals surface area contributed by atoms with E-state index in [4.69, 9.17) is 4.98 Å². The highest BCUT2D eigenvalue weighted by atomic mass is 16.2. The van der Waals surface area contributed by atoms with Crippen molar-refractivity contribution in [2.45, 2.75) is 32.6 Å². The molecule has 1 aliphatic rings. The molecule has 1 amide bonds. The van der Waals surface area contributed by atoms with Crippen LogP contribution < -0.4 is 0 Å². The quantitative estimate of drug-likeness (QED) is 0.434. The van der Waals surface area contributed by atoms with Gasteiger partial charge in [0.15, 0.2) is 0 Å². The van der Waals surface area contributed by atoms with Gasteiger partial charge in [0.25, 0.3) is 0 Å². The Kier molecular flexibility index (Phi) is 5.29. The van der Waals surface area contributed by atoms with Gasteiger partial charge in [-0.1, -0.05) is 54.6 Å². The molecule has 1 aliphatic heterocycles. The standard InChI is InChI=1S/C27H27N3O/c1-20-9-5-6-12-23(20)22-13-15-25-28-27(21-10-3-2-4-11-21)24(30(25)19-22)14-16-26(31)29-17-7-8-18-29/h2-6,9-13,15,19H,7-8,14,16-18H2,1H3. The highest BCUT2D eigenvalue weighted by molar-refractivity contribution is 5.77. The van der Waals surface area contributed by atoms with Crippen LogP contribution in [0, 0.1) is 6.92 Å². The smallest absolute Gasteiger partial charge is 0.222 e. The summed E-state index contributed by atoms with van der Waals surface area (Å²) in [6.45, 7) is 3.93. The predicted octanol–water partition coefficient (Wildman–Crippen LogP) is 5.53. The molecule has 1 fully saturated rings. The van der Waals surface area contributed by atoms with Gasteiger partial charge in [-0.3, -0.25) is 4.79 Å². The number of carbonyl (C=O) groups excluding carboxylic acids is 1. The minimum Gasteiger partial charge on any atom is -0.343 e. The molecule has 0 radical (unpaired) electrons. The fourth-order valence-corrected chi connectivity index (χ4v) is 4.57. The number of pyridine rings is 1. The van der Waals surface area contributed by atoms with Gasteiger partial charge in [-0.15, -0.1) is 0 Å². The summed E-state index contributed by atoms with van der Waals surface area (Å²) in [5.41, 5.74) is 7.71. The second-order valence-corrected chi connectivity index (χ2v) is 8.32. The Bertz CT molecular complexity index is 1220. The highest BCUT2D eigenvalue weighted by Crippen LogP contribution is 2.29. The van der Waals surface area contributed by atoms with E-state index in [2.05, 4.69) is 66.1 Å². The SMILES string of the molecule is Cc1ccccc1-c1ccc2nc(-c3ccccc3)c(CCC(=O)N3CCCC3)n2c1. The zero-order valence-corrected chi connectivity index (χ0v) is 17.9. The van der Waals surface area contributed by atoms with Crippen molar-refractivity contribution >= 4 is 11.6 Å². The van der Waals surface area contributed by atoms with E-state index in [-0.39, 0.29) is 5.91 Å². The molecule has 4 nitrogen and oxygen atoms in total. The Labute approximate surface area is 183 Å². The number of carbonyl (C=O) groups is 1. The topological polar surface area (TPSA) is 37.6 Å². The van der Waals surface area contributed by atoms with Crippen molar-refractivity contribution in [2.75, 3.05) is 13.1 Å². The third-order valence-electron chi connectivity index (χ3n) is 6.26. The first kappa shape index (κ1) is 19.6. The fourth-order valence-electron chi connectivity index (χ4n) is 4.57. The maximum Gasteiger partial charge on any atom is 0.222 e. The van der Waals surface area contributed by atoms with Crippen LogP contribution in [0.4, 0.5) is 0 Å². The van der Waals surface area contributed by atoms with Crippen molar-refractivity contribution in [3.8, 4) is 22.4 Å². The van der Waals surface area contributed by atoms with Crippen molar-refractivity contribution in [2.24, 2.45) is 0 Å². The van der Waals surface area contributed by atoms with E-state index >= 15 is 0 Å². The lowest BCUT2D eigenvalue weighted by Gasteiger charge is -2.15. The molecule has 0 spiro atoms. The molecule has 0 saturated carbocycles. The zero-order valence-electron chi connectivity index (χ0n) is 17.9. The summed E-state index contributed by atoms with van der Waals surface area (Å²) in [5, 5.41) is 0. The number of likely N-dealkylation sites (tertiary alicyclic amines) is 1. The molecule has 4 aromatic rings. The maximum absolute atomic E-state index is 12.8. The Morgan fingerprint density at radius 2 is 1.65 bits per heavy atom. The van der Waals surface area contributed by atoms with Crippen molar-refractivity contribution in [1.29, 1.82) is 0 Å². The van der Waals surface area contributed by atoms with Crippen molar-refractivity contribution < 1.29 is 4.79 Å². The Morgan fingerprint density at radius 3 is 2.42 bits per heavy atom. The number of nitrogens with zero attached hydrogens (tertiary/aromatic N) is 3. The number of rotatable bonds is 5. The van der Waals surface area contributed by atoms with E-state index in [1.807, 2.05) is 23.1 Å². The number of benzene rings is 2. The highest BCUT2D eigenvalue weighted by Gasteiger charge is 2.20. The number of aryl methyl sites for hydroxylation is 2. The molecule has 0 atom stereocenters. The third kappa shape index (κ3) is 3.86. The number of hydrogen-bond acceptors (Lipinski definition) is 2. The van der Waals surface area contributed by atoms with Gasteiger partial charge in [0.05, 0.1) is 11.4 Å². The molecule has 5 rings (SSSR count). The number of aromatic nitrogens is 2. The van der Waals surface area contributed by atoms with Gasteiger partial charge in [-0.05, 0) is 55.0 Å². The lowest BCUT2D eigenvalue weighted by atomic mass is 10.0. The average Bonchev–Trinajstić information content (AvgIpc) is 3.46. The molecule has 2 aromatic carbocycles. The summed E-state index contributed by atoms with van der Waals surface area (Å²) in [7, 11) is 0. The van der Waals surface area contributed by atoms with Crippen LogP contribution in [0.15, 0.2) is 72.9 Å². The van der Waals surface area contributed by atoms with Gasteiger partial charge in [-0.2, -0.15) is 0 Å². The summed E-state index contributed by atoms with van der Waals surface area (Å²) < 4.78 is 2.18. The largest absolute Gasteiger partial charge is 0.343 e. The maximum atomic E-state index is 12.8. The van der Waals surface area contributed by atoms with Crippen LogP contribution in [-0.4, -0.2) is 33.3 Å². The van der Waals surface area contributed by atoms with Crippen LogP contribution in [0.1, 0.15) is 30.5 Å². The van der Waals surface area contributed by atoms with Crippen molar-refractivity contribution in [1.82, 2.24) is 14.3 Å². The van der Waals surface area contributed by atoms with Gasteiger partial charge in [-0.25, -0.2) is 4.98 Å². The van der Waals surface area contributed by atoms with Crippen LogP contribution in [0.5, 0.6) is 0 Å². The molecular weight excluding hydrogens is 382 g/mol. The van der Waals surface area contributed by atoms with Crippen molar-refractivity contribution in [3.63, 3.8) is 0 Å². The lowest BCUT2D eigenvalue weighted by Crippen LogP contribution is -2.27. The summed E-state index contributed by atoms with van der Waals surface area (Å²) in [6.07, 6.45) is 5.61. The molecule has 1 saturated heterocycles. The van der Waals surface area contributed by atoms with Crippen LogP contribution in [0.25, 0.3) is 28.0 Å². The van der Waals surface area contributed by atoms with Gasteiger partial charge >= 0.3 is 0 Å².